The summed E-state index contributed by atoms with van der Waals surface area (Å²) in [7, 11) is 0. The zero-order chi connectivity index (χ0) is 77.9. The highest BCUT2D eigenvalue weighted by Crippen LogP contribution is 2.31. The van der Waals surface area contributed by atoms with Crippen LogP contribution in [0.3, 0.4) is 0 Å². The number of aliphatic hydroxyl groups is 8. The topological polar surface area (TPSA) is 228 Å². The summed E-state index contributed by atoms with van der Waals surface area (Å²) >= 11 is 0. The van der Waals surface area contributed by atoms with Crippen molar-refractivity contribution in [1.29, 1.82) is 0 Å². The molecule has 14 nitrogen and oxygen atoms in total. The Kier molecular flexibility index (Phi) is 71.6. The van der Waals surface area contributed by atoms with Crippen LogP contribution < -0.4 is 5.32 Å². The van der Waals surface area contributed by atoms with Gasteiger partial charge in [-0.05, 0) is 83.5 Å². The number of allylic oxidation sites excluding steroid dienone is 15. The van der Waals surface area contributed by atoms with E-state index in [1.807, 2.05) is 6.08 Å². The SMILES string of the molecule is CC/C=C\C/C=C\C/C=C\C/C=C\C/C=C\C/C=C\CCCCCCCCCCCCCCCCCCCCCCCCC(=O)NC(COC1OC(CO)C(OC2OC(CO)C(O)C(O)C2O)C(O)C1O)C(O)/C=C/CC/C=C/CCCCCCCCCCCCCCCCCCCCCCCCCCCCC. The minimum absolute atomic E-state index is 0.243. The van der Waals surface area contributed by atoms with E-state index in [-0.39, 0.29) is 18.9 Å². The van der Waals surface area contributed by atoms with Gasteiger partial charge in [0, 0.05) is 6.42 Å². The van der Waals surface area contributed by atoms with Gasteiger partial charge in [0.15, 0.2) is 12.6 Å². The largest absolute Gasteiger partial charge is 0.394 e. The first-order chi connectivity index (χ1) is 53.1. The van der Waals surface area contributed by atoms with Gasteiger partial charge in [-0.25, -0.2) is 0 Å². The van der Waals surface area contributed by atoms with E-state index < -0.39 is 86.8 Å². The van der Waals surface area contributed by atoms with Gasteiger partial charge in [0.1, 0.15) is 48.8 Å². The fourth-order valence-corrected chi connectivity index (χ4v) is 14.7. The van der Waals surface area contributed by atoms with E-state index >= 15 is 0 Å². The molecule has 0 saturated carbocycles. The van der Waals surface area contributed by atoms with Crippen LogP contribution in [0.2, 0.25) is 0 Å². The number of unbranched alkanes of at least 4 members (excludes halogenated alkanes) is 50. The minimum Gasteiger partial charge on any atom is -0.394 e. The van der Waals surface area contributed by atoms with Crippen molar-refractivity contribution in [3.63, 3.8) is 0 Å². The van der Waals surface area contributed by atoms with E-state index in [0.29, 0.717) is 12.8 Å². The van der Waals surface area contributed by atoms with E-state index in [0.717, 1.165) is 70.6 Å². The van der Waals surface area contributed by atoms with Crippen molar-refractivity contribution in [3.8, 4) is 0 Å². The highest BCUT2D eigenvalue weighted by Gasteiger charge is 2.51. The van der Waals surface area contributed by atoms with Crippen molar-refractivity contribution >= 4 is 5.91 Å². The second-order valence-corrected chi connectivity index (χ2v) is 31.7. The molecule has 2 fully saturated rings. The lowest BCUT2D eigenvalue weighted by atomic mass is 9.97. The van der Waals surface area contributed by atoms with Gasteiger partial charge in [-0.15, -0.1) is 0 Å². The maximum Gasteiger partial charge on any atom is 0.220 e. The van der Waals surface area contributed by atoms with Gasteiger partial charge in [-0.2, -0.15) is 0 Å². The maximum absolute atomic E-state index is 13.4. The normalized spacial score (nSPS) is 21.6. The lowest BCUT2D eigenvalue weighted by molar-refractivity contribution is -0.359. The Balaban J connectivity index is 1.57. The predicted molar refractivity (Wildman–Crippen MR) is 452 cm³/mol. The minimum atomic E-state index is -1.79. The summed E-state index contributed by atoms with van der Waals surface area (Å²) in [6.45, 7) is 2.73. The Labute approximate surface area is 662 Å². The van der Waals surface area contributed by atoms with Gasteiger partial charge in [0.05, 0.1) is 32.0 Å². The van der Waals surface area contributed by atoms with E-state index in [1.165, 1.54) is 295 Å². The van der Waals surface area contributed by atoms with Crippen LogP contribution in [0.25, 0.3) is 0 Å². The Morgan fingerprint density at radius 3 is 1.02 bits per heavy atom. The smallest absolute Gasteiger partial charge is 0.220 e. The lowest BCUT2D eigenvalue weighted by Gasteiger charge is -2.46. The molecule has 1 amide bonds. The van der Waals surface area contributed by atoms with Crippen molar-refractivity contribution in [2.45, 2.75) is 473 Å². The molecule has 0 aromatic rings. The molecule has 628 valence electrons. The van der Waals surface area contributed by atoms with Gasteiger partial charge in [0.2, 0.25) is 5.91 Å². The third kappa shape index (κ3) is 57.9. The van der Waals surface area contributed by atoms with Gasteiger partial charge in [0.25, 0.3) is 0 Å². The van der Waals surface area contributed by atoms with Crippen molar-refractivity contribution in [3.05, 3.63) is 97.2 Å². The summed E-state index contributed by atoms with van der Waals surface area (Å²) in [4.78, 5) is 13.4. The Bertz CT molecular complexity index is 2190. The average Bonchev–Trinajstić information content (AvgIpc) is 0.789. The monoisotopic (exact) mass is 1520 g/mol. The van der Waals surface area contributed by atoms with Gasteiger partial charge >= 0.3 is 0 Å². The standard InChI is InChI=1S/C94H169NO13/c1-3-5-7-9-11-13-15-17-19-21-23-25-27-29-31-33-35-37-38-39-40-41-42-43-44-46-48-50-52-54-56-58-60-62-64-66-68-70-72-74-76-78-86(99)95-82(81-105-93-91(104)89(102)92(85(80-97)107-93)108-94-90(103)88(101)87(100)84(79-96)106-94)83(98)77-75-73-71-69-67-65-63-61-59-57-55-53-51-49-47-45-36-34-32-30-28-26-24-22-20-18-16-14-12-10-8-6-4-2/h5,7,11,13,17,19,23,25,29,31,35,37,67,69,75,77,82-85,87-94,96-98,100-104H,3-4,6,8-10,12,14-16,18,20-22,24,26-28,30,32-34,36,38-66,68,70-74,76,78-81H2,1-2H3,(H,95,99)/b7-5-,13-11-,19-17-,25-23-,31-29-,37-35-,69-67+,77-75+. The molecule has 0 aromatic carbocycles. The molecule has 2 aliphatic rings. The second kappa shape index (κ2) is 76.5. The summed E-state index contributed by atoms with van der Waals surface area (Å²) in [5.74, 6) is -0.243. The number of ether oxygens (including phenoxy) is 4. The number of rotatable bonds is 77. The summed E-state index contributed by atoms with van der Waals surface area (Å²) < 4.78 is 23.0. The molecule has 2 heterocycles. The van der Waals surface area contributed by atoms with E-state index in [1.54, 1.807) is 6.08 Å². The molecule has 0 spiro atoms. The molecule has 14 heteroatoms. The first kappa shape index (κ1) is 101. The van der Waals surface area contributed by atoms with Crippen molar-refractivity contribution in [2.75, 3.05) is 19.8 Å². The summed E-state index contributed by atoms with van der Waals surface area (Å²) in [6, 6.07) is -0.937. The predicted octanol–water partition coefficient (Wildman–Crippen LogP) is 22.4. The molecule has 2 aliphatic heterocycles. The molecular formula is C94H169NO13. The molecule has 0 bridgehead atoms. The van der Waals surface area contributed by atoms with Crippen LogP contribution in [0.4, 0.5) is 0 Å². The first-order valence-electron chi connectivity index (χ1n) is 45.5. The second-order valence-electron chi connectivity index (χ2n) is 31.7. The molecule has 0 aliphatic carbocycles. The number of carbonyl (C=O) groups excluding carboxylic acids is 1. The van der Waals surface area contributed by atoms with Crippen LogP contribution in [0.5, 0.6) is 0 Å². The van der Waals surface area contributed by atoms with E-state index in [9.17, 15) is 45.6 Å². The fraction of sp³-hybridized carbons (Fsp3) is 0.819. The third-order valence-electron chi connectivity index (χ3n) is 21.8. The zero-order valence-electron chi connectivity index (χ0n) is 69.3. The number of carbonyl (C=O) groups is 1. The Morgan fingerprint density at radius 2 is 0.648 bits per heavy atom. The van der Waals surface area contributed by atoms with Crippen LogP contribution in [0, 0.1) is 0 Å². The molecule has 0 aromatic heterocycles. The van der Waals surface area contributed by atoms with Crippen LogP contribution in [-0.2, 0) is 23.7 Å². The highest BCUT2D eigenvalue weighted by atomic mass is 16.7. The number of amides is 1. The quantitative estimate of drug-likeness (QED) is 0.0204. The number of nitrogens with one attached hydrogen (secondary N) is 1. The molecule has 12 atom stereocenters. The van der Waals surface area contributed by atoms with Gasteiger partial charge < -0.3 is 65.1 Å². The van der Waals surface area contributed by atoms with E-state index in [4.69, 9.17) is 18.9 Å². The summed E-state index contributed by atoms with van der Waals surface area (Å²) in [5.41, 5.74) is 0. The summed E-state index contributed by atoms with van der Waals surface area (Å²) in [5, 5.41) is 87.9. The molecule has 2 saturated heterocycles. The van der Waals surface area contributed by atoms with Gasteiger partial charge in [-0.3, -0.25) is 4.79 Å². The Hall–Kier alpha value is -3.09. The van der Waals surface area contributed by atoms with Gasteiger partial charge in [-0.1, -0.05) is 406 Å². The fourth-order valence-electron chi connectivity index (χ4n) is 14.7. The molecular weight excluding hydrogens is 1350 g/mol. The molecule has 2 rings (SSSR count). The zero-order valence-corrected chi connectivity index (χ0v) is 69.3. The summed E-state index contributed by atoms with van der Waals surface area (Å²) in [6.07, 6.45) is 93.9. The first-order valence-corrected chi connectivity index (χ1v) is 45.5. The van der Waals surface area contributed by atoms with Crippen LogP contribution in [-0.4, -0.2) is 140 Å². The number of aliphatic hydroxyl groups excluding tert-OH is 8. The van der Waals surface area contributed by atoms with Crippen LogP contribution in [0.1, 0.15) is 399 Å². The molecule has 12 unspecified atom stereocenters. The number of hydrogen-bond donors (Lipinski definition) is 9. The Morgan fingerprint density at radius 1 is 0.343 bits per heavy atom. The molecule has 0 radical (unpaired) electrons. The van der Waals surface area contributed by atoms with Crippen molar-refractivity contribution < 1.29 is 64.6 Å². The number of hydrogen-bond acceptors (Lipinski definition) is 13. The molecule has 9 N–H and O–H groups in total. The lowest BCUT2D eigenvalue weighted by Crippen LogP contribution is -2.65. The highest BCUT2D eigenvalue weighted by molar-refractivity contribution is 5.76. The average molecular weight is 1520 g/mol. The third-order valence-corrected chi connectivity index (χ3v) is 21.8. The van der Waals surface area contributed by atoms with Crippen LogP contribution >= 0.6 is 0 Å². The van der Waals surface area contributed by atoms with Crippen molar-refractivity contribution in [1.82, 2.24) is 5.32 Å². The molecule has 108 heavy (non-hydrogen) atoms. The maximum atomic E-state index is 13.4. The van der Waals surface area contributed by atoms with E-state index in [2.05, 4.69) is 104 Å². The van der Waals surface area contributed by atoms with Crippen molar-refractivity contribution in [2.24, 2.45) is 0 Å². The van der Waals surface area contributed by atoms with Crippen LogP contribution in [0.15, 0.2) is 97.2 Å².